The minimum absolute atomic E-state index is 0.390. The van der Waals surface area contributed by atoms with Crippen molar-refractivity contribution < 1.29 is 5.21 Å². The highest BCUT2D eigenvalue weighted by molar-refractivity contribution is 6.03. The van der Waals surface area contributed by atoms with Crippen molar-refractivity contribution in [1.29, 1.82) is 0 Å². The molecule has 0 saturated heterocycles. The summed E-state index contributed by atoms with van der Waals surface area (Å²) < 4.78 is 0. The second-order valence-corrected chi connectivity index (χ2v) is 6.50. The summed E-state index contributed by atoms with van der Waals surface area (Å²) in [6, 6.07) is 8.33. The average molecular weight is 286 g/mol. The highest BCUT2D eigenvalue weighted by atomic mass is 16.4. The van der Waals surface area contributed by atoms with Crippen LogP contribution in [0, 0.1) is 11.8 Å². The third-order valence-electron chi connectivity index (χ3n) is 5.17. The zero-order chi connectivity index (χ0) is 14.5. The third kappa shape index (κ3) is 3.46. The molecule has 0 radical (unpaired) electrons. The lowest BCUT2D eigenvalue weighted by molar-refractivity contribution is 0.291. The maximum absolute atomic E-state index is 9.39. The van der Waals surface area contributed by atoms with Crippen molar-refractivity contribution in [1.82, 2.24) is 5.32 Å². The van der Waals surface area contributed by atoms with Gasteiger partial charge in [-0.05, 0) is 50.3 Å². The molecule has 1 atom stereocenters. The Morgan fingerprint density at radius 3 is 2.67 bits per heavy atom. The van der Waals surface area contributed by atoms with Crippen molar-refractivity contribution in [3.05, 3.63) is 35.4 Å². The second-order valence-electron chi connectivity index (χ2n) is 6.50. The average Bonchev–Trinajstić information content (AvgIpc) is 2.48. The molecule has 0 aromatic heterocycles. The summed E-state index contributed by atoms with van der Waals surface area (Å²) in [6.07, 6.45) is 8.89. The molecule has 3 nitrogen and oxygen atoms in total. The van der Waals surface area contributed by atoms with Crippen LogP contribution in [0.5, 0.6) is 0 Å². The van der Waals surface area contributed by atoms with Gasteiger partial charge in [-0.15, -0.1) is 0 Å². The molecule has 114 valence electrons. The lowest BCUT2D eigenvalue weighted by Gasteiger charge is -2.27. The molecule has 1 aromatic rings. The Labute approximate surface area is 127 Å². The van der Waals surface area contributed by atoms with E-state index in [0.29, 0.717) is 5.92 Å². The summed E-state index contributed by atoms with van der Waals surface area (Å²) in [7, 11) is 0. The van der Waals surface area contributed by atoms with Gasteiger partial charge in [0.05, 0.1) is 5.71 Å². The number of nitrogens with one attached hydrogen (secondary N) is 1. The van der Waals surface area contributed by atoms with Crippen LogP contribution in [0.1, 0.15) is 49.7 Å². The van der Waals surface area contributed by atoms with Gasteiger partial charge in [0, 0.05) is 11.5 Å². The molecular formula is C18H26N2O. The number of hydrogen-bond acceptors (Lipinski definition) is 3. The van der Waals surface area contributed by atoms with Crippen LogP contribution in [-0.2, 0) is 6.42 Å². The fraction of sp³-hybridized carbons (Fsp3) is 0.611. The van der Waals surface area contributed by atoms with Crippen LogP contribution < -0.4 is 5.32 Å². The molecule has 21 heavy (non-hydrogen) atoms. The predicted octanol–water partition coefficient (Wildman–Crippen LogP) is 3.60. The van der Waals surface area contributed by atoms with Gasteiger partial charge in [-0.3, -0.25) is 0 Å². The minimum Gasteiger partial charge on any atom is -0.411 e. The number of nitrogens with zero attached hydrogens (tertiary/aromatic N) is 1. The number of benzene rings is 1. The van der Waals surface area contributed by atoms with Crippen molar-refractivity contribution in [3.8, 4) is 0 Å². The van der Waals surface area contributed by atoms with Crippen LogP contribution in [0.15, 0.2) is 29.4 Å². The number of fused-ring (bicyclic) bond motifs is 1. The molecule has 1 unspecified atom stereocenters. The van der Waals surface area contributed by atoms with Gasteiger partial charge in [-0.1, -0.05) is 48.7 Å². The molecule has 2 aliphatic rings. The molecule has 3 heteroatoms. The quantitative estimate of drug-likeness (QED) is 0.477. The Hall–Kier alpha value is -1.35. The first kappa shape index (κ1) is 14.6. The van der Waals surface area contributed by atoms with Crippen LogP contribution in [0.25, 0.3) is 0 Å². The lowest BCUT2D eigenvalue weighted by atomic mass is 9.80. The van der Waals surface area contributed by atoms with Gasteiger partial charge in [-0.25, -0.2) is 0 Å². The molecule has 1 saturated carbocycles. The van der Waals surface area contributed by atoms with E-state index in [2.05, 4.69) is 28.7 Å². The zero-order valence-electron chi connectivity index (χ0n) is 12.7. The Bertz CT molecular complexity index is 494. The normalized spacial score (nSPS) is 23.8. The van der Waals surface area contributed by atoms with E-state index < -0.39 is 0 Å². The molecule has 0 aliphatic heterocycles. The third-order valence-corrected chi connectivity index (χ3v) is 5.17. The smallest absolute Gasteiger partial charge is 0.0901 e. The van der Waals surface area contributed by atoms with Gasteiger partial charge in [-0.2, -0.15) is 0 Å². The predicted molar refractivity (Wildman–Crippen MR) is 86.0 cm³/mol. The van der Waals surface area contributed by atoms with E-state index in [-0.39, 0.29) is 0 Å². The first-order chi connectivity index (χ1) is 10.4. The Kier molecular flexibility index (Phi) is 4.91. The van der Waals surface area contributed by atoms with Crippen LogP contribution in [0.4, 0.5) is 0 Å². The molecular weight excluding hydrogens is 260 g/mol. The van der Waals surface area contributed by atoms with Crippen molar-refractivity contribution in [2.45, 2.75) is 44.9 Å². The van der Waals surface area contributed by atoms with Crippen LogP contribution in [-0.4, -0.2) is 24.0 Å². The van der Waals surface area contributed by atoms with Gasteiger partial charge in [0.15, 0.2) is 0 Å². The zero-order valence-corrected chi connectivity index (χ0v) is 12.7. The van der Waals surface area contributed by atoms with Crippen LogP contribution in [0.3, 0.4) is 0 Å². The van der Waals surface area contributed by atoms with E-state index in [9.17, 15) is 5.21 Å². The van der Waals surface area contributed by atoms with Gasteiger partial charge in [0.2, 0.25) is 0 Å². The topological polar surface area (TPSA) is 44.6 Å². The molecule has 2 aliphatic carbocycles. The second kappa shape index (κ2) is 7.08. The lowest BCUT2D eigenvalue weighted by Crippen LogP contribution is -2.28. The van der Waals surface area contributed by atoms with E-state index in [1.54, 1.807) is 0 Å². The highest BCUT2D eigenvalue weighted by Crippen LogP contribution is 2.29. The van der Waals surface area contributed by atoms with Gasteiger partial charge in [0.25, 0.3) is 0 Å². The fourth-order valence-corrected chi connectivity index (χ4v) is 3.58. The Morgan fingerprint density at radius 1 is 1.10 bits per heavy atom. The van der Waals surface area contributed by atoms with E-state index in [1.807, 2.05) is 6.07 Å². The van der Waals surface area contributed by atoms with Crippen molar-refractivity contribution in [2.75, 3.05) is 13.1 Å². The molecule has 1 fully saturated rings. The molecule has 3 rings (SSSR count). The molecule has 1 aromatic carbocycles. The number of rotatable bonds is 6. The SMILES string of the molecule is O/N=C1\c2ccccc2CCC1CCNCCC1CCC1. The first-order valence-corrected chi connectivity index (χ1v) is 8.39. The summed E-state index contributed by atoms with van der Waals surface area (Å²) in [5.74, 6) is 1.37. The summed E-state index contributed by atoms with van der Waals surface area (Å²) in [4.78, 5) is 0. The molecule has 0 bridgehead atoms. The number of hydrogen-bond donors (Lipinski definition) is 2. The number of aryl methyl sites for hydroxylation is 1. The monoisotopic (exact) mass is 286 g/mol. The fourth-order valence-electron chi connectivity index (χ4n) is 3.58. The van der Waals surface area contributed by atoms with E-state index in [4.69, 9.17) is 0 Å². The Balaban J connectivity index is 1.47. The minimum atomic E-state index is 0.390. The molecule has 0 spiro atoms. The Morgan fingerprint density at radius 2 is 1.90 bits per heavy atom. The maximum atomic E-state index is 9.39. The van der Waals surface area contributed by atoms with Gasteiger partial charge >= 0.3 is 0 Å². The summed E-state index contributed by atoms with van der Waals surface area (Å²) in [6.45, 7) is 2.16. The van der Waals surface area contributed by atoms with E-state index >= 15 is 0 Å². The van der Waals surface area contributed by atoms with E-state index in [1.165, 1.54) is 31.2 Å². The standard InChI is InChI=1S/C18H26N2O/c21-20-18-16(9-8-15-6-1-2-7-17(15)18)11-13-19-12-10-14-4-3-5-14/h1-2,6-7,14,16,19,21H,3-5,8-13H2/b20-18-. The number of oxime groups is 1. The van der Waals surface area contributed by atoms with Crippen LogP contribution >= 0.6 is 0 Å². The van der Waals surface area contributed by atoms with Crippen molar-refractivity contribution in [3.63, 3.8) is 0 Å². The maximum Gasteiger partial charge on any atom is 0.0901 e. The first-order valence-electron chi connectivity index (χ1n) is 8.39. The summed E-state index contributed by atoms with van der Waals surface area (Å²) >= 11 is 0. The van der Waals surface area contributed by atoms with Gasteiger partial charge in [0.1, 0.15) is 0 Å². The largest absolute Gasteiger partial charge is 0.411 e. The van der Waals surface area contributed by atoms with Gasteiger partial charge < -0.3 is 10.5 Å². The van der Waals surface area contributed by atoms with Crippen molar-refractivity contribution in [2.24, 2.45) is 17.0 Å². The van der Waals surface area contributed by atoms with Crippen LogP contribution in [0.2, 0.25) is 0 Å². The molecule has 0 amide bonds. The highest BCUT2D eigenvalue weighted by Gasteiger charge is 2.25. The molecule has 2 N–H and O–H groups in total. The molecule has 0 heterocycles. The summed E-state index contributed by atoms with van der Waals surface area (Å²) in [5.41, 5.74) is 3.35. The summed E-state index contributed by atoms with van der Waals surface area (Å²) in [5, 5.41) is 16.6. The van der Waals surface area contributed by atoms with Crippen molar-refractivity contribution >= 4 is 5.71 Å². The van der Waals surface area contributed by atoms with E-state index in [0.717, 1.165) is 49.5 Å².